The van der Waals surface area contributed by atoms with Crippen molar-refractivity contribution in [3.8, 4) is 0 Å². The molecule has 1 saturated heterocycles. The summed E-state index contributed by atoms with van der Waals surface area (Å²) in [5.41, 5.74) is 2.58. The Kier molecular flexibility index (Phi) is 9.41. The summed E-state index contributed by atoms with van der Waals surface area (Å²) >= 11 is 0. The van der Waals surface area contributed by atoms with Crippen LogP contribution in [0.1, 0.15) is 43.1 Å². The normalized spacial score (nSPS) is 15.6. The first-order valence-corrected chi connectivity index (χ1v) is 11.0. The molecule has 0 spiro atoms. The van der Waals surface area contributed by atoms with Crippen molar-refractivity contribution < 1.29 is 14.3 Å². The largest absolute Gasteiger partial charge is 0.378 e. The molecule has 0 amide bonds. The maximum absolute atomic E-state index is 13.6. The highest BCUT2D eigenvalue weighted by Gasteiger charge is 2.39. The van der Waals surface area contributed by atoms with Gasteiger partial charge in [0.05, 0.1) is 18.8 Å². The van der Waals surface area contributed by atoms with Gasteiger partial charge in [0.15, 0.2) is 5.78 Å². The second-order valence-electron chi connectivity index (χ2n) is 8.33. The van der Waals surface area contributed by atoms with E-state index < -0.39 is 5.54 Å². The summed E-state index contributed by atoms with van der Waals surface area (Å²) in [5.74, 6) is 0.354. The fraction of sp³-hybridized carbons (Fsp3) is 0.462. The van der Waals surface area contributed by atoms with Gasteiger partial charge in [-0.15, -0.1) is 0 Å². The molecule has 31 heavy (non-hydrogen) atoms. The Morgan fingerprint density at radius 3 is 2.00 bits per heavy atom. The first kappa shape index (κ1) is 24.8. The van der Waals surface area contributed by atoms with E-state index in [1.807, 2.05) is 44.4 Å². The van der Waals surface area contributed by atoms with Gasteiger partial charge >= 0.3 is 0 Å². The smallest absolute Gasteiger partial charge is 0.183 e. The van der Waals surface area contributed by atoms with E-state index in [1.54, 1.807) is 0 Å². The molecular formula is C26H36N2O3. The fourth-order valence-electron chi connectivity index (χ4n) is 3.89. The maximum atomic E-state index is 13.6. The van der Waals surface area contributed by atoms with Crippen LogP contribution in [0.5, 0.6) is 0 Å². The minimum Gasteiger partial charge on any atom is -0.378 e. The van der Waals surface area contributed by atoms with Crippen molar-refractivity contribution in [3.63, 3.8) is 0 Å². The Bertz CT molecular complexity index is 823. The van der Waals surface area contributed by atoms with Gasteiger partial charge in [-0.2, -0.15) is 0 Å². The molecule has 0 aromatic heterocycles. The lowest BCUT2D eigenvalue weighted by Gasteiger charge is -2.38. The molecular weight excluding hydrogens is 388 g/mol. The zero-order valence-electron chi connectivity index (χ0n) is 19.6. The molecule has 5 heteroatoms. The number of hydrogen-bond acceptors (Lipinski definition) is 5. The third kappa shape index (κ3) is 6.74. The Labute approximate surface area is 187 Å². The topological polar surface area (TPSA) is 49.9 Å². The highest BCUT2D eigenvalue weighted by atomic mass is 16.5. The zero-order valence-corrected chi connectivity index (χ0v) is 19.6. The SMILES string of the molecule is CC(C)=O.CCC(Cc1ccccc1)(C(=O)c1ccc(N2CCOCC2)cc1)N(C)C. The van der Waals surface area contributed by atoms with Crippen LogP contribution in [0, 0.1) is 0 Å². The molecule has 1 aliphatic rings. The number of nitrogens with zero attached hydrogens (tertiary/aromatic N) is 2. The first-order chi connectivity index (χ1) is 14.8. The van der Waals surface area contributed by atoms with Crippen molar-refractivity contribution >= 4 is 17.3 Å². The summed E-state index contributed by atoms with van der Waals surface area (Å²) in [7, 11) is 4.01. The van der Waals surface area contributed by atoms with Crippen LogP contribution in [0.15, 0.2) is 54.6 Å². The van der Waals surface area contributed by atoms with E-state index in [0.717, 1.165) is 44.0 Å². The van der Waals surface area contributed by atoms with Gasteiger partial charge in [0.25, 0.3) is 0 Å². The van der Waals surface area contributed by atoms with E-state index in [2.05, 4.69) is 41.0 Å². The molecule has 1 heterocycles. The molecule has 5 nitrogen and oxygen atoms in total. The number of morpholine rings is 1. The van der Waals surface area contributed by atoms with E-state index in [1.165, 1.54) is 19.4 Å². The van der Waals surface area contributed by atoms with Crippen molar-refractivity contribution in [2.24, 2.45) is 0 Å². The first-order valence-electron chi connectivity index (χ1n) is 11.0. The van der Waals surface area contributed by atoms with E-state index >= 15 is 0 Å². The van der Waals surface area contributed by atoms with Crippen LogP contribution in [0.3, 0.4) is 0 Å². The second-order valence-corrected chi connectivity index (χ2v) is 8.33. The molecule has 1 aliphatic heterocycles. The average molecular weight is 425 g/mol. The number of hydrogen-bond donors (Lipinski definition) is 0. The van der Waals surface area contributed by atoms with Crippen LogP contribution in [-0.2, 0) is 16.0 Å². The van der Waals surface area contributed by atoms with Crippen LogP contribution in [0.4, 0.5) is 5.69 Å². The second kappa shape index (κ2) is 11.8. The van der Waals surface area contributed by atoms with Gasteiger partial charge in [0.1, 0.15) is 5.78 Å². The molecule has 3 rings (SSSR count). The van der Waals surface area contributed by atoms with E-state index in [0.29, 0.717) is 6.42 Å². The summed E-state index contributed by atoms with van der Waals surface area (Å²) in [6.45, 7) is 8.48. The molecule has 1 fully saturated rings. The molecule has 168 valence electrons. The summed E-state index contributed by atoms with van der Waals surface area (Å²) in [4.78, 5) is 27.4. The lowest BCUT2D eigenvalue weighted by Crippen LogP contribution is -2.52. The van der Waals surface area contributed by atoms with Gasteiger partial charge in [0, 0.05) is 24.3 Å². The summed E-state index contributed by atoms with van der Waals surface area (Å²) < 4.78 is 5.42. The van der Waals surface area contributed by atoms with Crippen molar-refractivity contribution in [2.75, 3.05) is 45.3 Å². The molecule has 0 radical (unpaired) electrons. The third-order valence-corrected chi connectivity index (χ3v) is 5.71. The number of rotatable bonds is 7. The van der Waals surface area contributed by atoms with Gasteiger partial charge in [-0.1, -0.05) is 37.3 Å². The van der Waals surface area contributed by atoms with Crippen LogP contribution < -0.4 is 4.90 Å². The van der Waals surface area contributed by atoms with Gasteiger partial charge < -0.3 is 14.4 Å². The number of carbonyl (C=O) groups is 2. The van der Waals surface area contributed by atoms with Gasteiger partial charge in [0.2, 0.25) is 0 Å². The zero-order chi connectivity index (χ0) is 22.9. The lowest BCUT2D eigenvalue weighted by atomic mass is 9.80. The number of anilines is 1. The van der Waals surface area contributed by atoms with Crippen molar-refractivity contribution in [1.29, 1.82) is 0 Å². The maximum Gasteiger partial charge on any atom is 0.183 e. The van der Waals surface area contributed by atoms with E-state index in [4.69, 9.17) is 4.74 Å². The van der Waals surface area contributed by atoms with Gasteiger partial charge in [-0.3, -0.25) is 9.69 Å². The van der Waals surface area contributed by atoms with Crippen molar-refractivity contribution in [2.45, 2.75) is 39.2 Å². The predicted molar refractivity (Wildman–Crippen MR) is 127 cm³/mol. The summed E-state index contributed by atoms with van der Waals surface area (Å²) in [6, 6.07) is 18.4. The number of likely N-dealkylation sites (N-methyl/N-ethyl adjacent to an activating group) is 1. The standard InChI is InChI=1S/C23H30N2O2.C3H6O/c1-4-23(24(2)3,18-19-8-6-5-7-9-19)22(26)20-10-12-21(13-11-20)25-14-16-27-17-15-25;1-3(2)4/h5-13H,4,14-18H2,1-3H3;1-2H3. The average Bonchev–Trinajstić information content (AvgIpc) is 2.78. The highest BCUT2D eigenvalue weighted by molar-refractivity contribution is 6.03. The molecule has 2 aromatic rings. The van der Waals surface area contributed by atoms with Crippen LogP contribution in [-0.4, -0.2) is 62.4 Å². The Balaban J connectivity index is 0.000000785. The van der Waals surface area contributed by atoms with Crippen LogP contribution in [0.25, 0.3) is 0 Å². The number of ketones is 2. The Morgan fingerprint density at radius 2 is 1.52 bits per heavy atom. The van der Waals surface area contributed by atoms with Crippen LogP contribution in [0.2, 0.25) is 0 Å². The number of ether oxygens (including phenoxy) is 1. The molecule has 1 unspecified atom stereocenters. The Hall–Kier alpha value is -2.50. The van der Waals surface area contributed by atoms with E-state index in [-0.39, 0.29) is 11.6 Å². The van der Waals surface area contributed by atoms with Gasteiger partial charge in [-0.25, -0.2) is 0 Å². The molecule has 1 atom stereocenters. The molecule has 0 aliphatic carbocycles. The van der Waals surface area contributed by atoms with Gasteiger partial charge in [-0.05, 0) is 70.6 Å². The molecule has 0 N–H and O–H groups in total. The lowest BCUT2D eigenvalue weighted by molar-refractivity contribution is -0.115. The highest BCUT2D eigenvalue weighted by Crippen LogP contribution is 2.28. The number of benzene rings is 2. The monoisotopic (exact) mass is 424 g/mol. The third-order valence-electron chi connectivity index (χ3n) is 5.71. The van der Waals surface area contributed by atoms with Crippen LogP contribution >= 0.6 is 0 Å². The number of Topliss-reactive ketones (excluding diaryl/α,β-unsaturated/α-hetero) is 2. The minimum atomic E-state index is -0.540. The fourth-order valence-corrected chi connectivity index (χ4v) is 3.89. The molecule has 0 saturated carbocycles. The van der Waals surface area contributed by atoms with E-state index in [9.17, 15) is 9.59 Å². The van der Waals surface area contributed by atoms with Crippen molar-refractivity contribution in [3.05, 3.63) is 65.7 Å². The number of carbonyl (C=O) groups excluding carboxylic acids is 2. The summed E-state index contributed by atoms with van der Waals surface area (Å²) in [6.07, 6.45) is 1.47. The molecule has 2 aromatic carbocycles. The molecule has 0 bridgehead atoms. The predicted octanol–water partition coefficient (Wildman–Crippen LogP) is 4.25. The van der Waals surface area contributed by atoms with Crippen molar-refractivity contribution in [1.82, 2.24) is 4.90 Å². The summed E-state index contributed by atoms with van der Waals surface area (Å²) in [5, 5.41) is 0. The quantitative estimate of drug-likeness (QED) is 0.622. The minimum absolute atomic E-state index is 0.167. The Morgan fingerprint density at radius 1 is 0.968 bits per heavy atom.